The Labute approximate surface area is 160 Å². The van der Waals surface area contributed by atoms with Gasteiger partial charge in [0.05, 0.1) is 11.2 Å². The molecule has 2 heterocycles. The molecule has 0 atom stereocenters. The van der Waals surface area contributed by atoms with Crippen LogP contribution in [-0.2, 0) is 10.2 Å². The fraction of sp³-hybridized carbons (Fsp3) is 0.190. The van der Waals surface area contributed by atoms with Crippen LogP contribution in [0.3, 0.4) is 0 Å². The zero-order chi connectivity index (χ0) is 19.9. The fourth-order valence-corrected chi connectivity index (χ4v) is 3.52. The van der Waals surface area contributed by atoms with Gasteiger partial charge in [-0.3, -0.25) is 4.79 Å². The van der Waals surface area contributed by atoms with Crippen molar-refractivity contribution in [2.24, 2.45) is 0 Å². The molecule has 1 aliphatic heterocycles. The summed E-state index contributed by atoms with van der Waals surface area (Å²) in [6.07, 6.45) is 2.68. The Morgan fingerprint density at radius 1 is 1.25 bits per heavy atom. The minimum atomic E-state index is -0.963. The van der Waals surface area contributed by atoms with Crippen molar-refractivity contribution in [3.8, 4) is 0 Å². The summed E-state index contributed by atoms with van der Waals surface area (Å²) < 4.78 is 27.6. The predicted molar refractivity (Wildman–Crippen MR) is 103 cm³/mol. The van der Waals surface area contributed by atoms with Gasteiger partial charge in [0, 0.05) is 23.9 Å². The lowest BCUT2D eigenvalue weighted by atomic mass is 9.75. The lowest BCUT2D eigenvalue weighted by Gasteiger charge is -2.48. The van der Waals surface area contributed by atoms with Gasteiger partial charge >= 0.3 is 0 Å². The molecule has 2 aromatic carbocycles. The maximum absolute atomic E-state index is 14.0. The summed E-state index contributed by atoms with van der Waals surface area (Å²) in [6.45, 7) is 6.75. The molecule has 4 rings (SSSR count). The highest BCUT2D eigenvalue weighted by Crippen LogP contribution is 2.36. The zero-order valence-electron chi connectivity index (χ0n) is 15.2. The first-order chi connectivity index (χ1) is 13.4. The molecule has 0 unspecified atom stereocenters. The highest BCUT2D eigenvalue weighted by Gasteiger charge is 2.41. The second-order valence-electron chi connectivity index (χ2n) is 7.14. The number of anilines is 2. The average Bonchev–Trinajstić information content (AvgIpc) is 2.68. The topological polar surface area (TPSA) is 58.1 Å². The van der Waals surface area contributed by atoms with E-state index in [1.807, 2.05) is 18.2 Å². The Balaban J connectivity index is 1.70. The molecule has 0 spiro atoms. The molecule has 142 valence electrons. The normalized spacial score (nSPS) is 15.2. The smallest absolute Gasteiger partial charge is 0.246 e. The monoisotopic (exact) mass is 380 g/mol. The number of carbonyl (C=O) groups excluding carboxylic acids is 1. The number of likely N-dealkylation sites (tertiary alicyclic amines) is 1. The summed E-state index contributed by atoms with van der Waals surface area (Å²) in [5.74, 6) is -1.60. The number of fused-ring (bicyclic) bond motifs is 1. The Hall–Kier alpha value is -3.35. The van der Waals surface area contributed by atoms with Crippen LogP contribution in [-0.4, -0.2) is 33.9 Å². The lowest BCUT2D eigenvalue weighted by molar-refractivity contribution is -0.133. The van der Waals surface area contributed by atoms with Gasteiger partial charge in [0.15, 0.2) is 11.6 Å². The summed E-state index contributed by atoms with van der Waals surface area (Å²) >= 11 is 0. The number of rotatable bonds is 4. The Morgan fingerprint density at radius 2 is 2.04 bits per heavy atom. The lowest BCUT2D eigenvalue weighted by Crippen LogP contribution is -2.59. The standard InChI is InChI=1S/C21H18F2N4O/c1-3-18(28)27-10-21(2,11-27)13-7-8-16-14(9-13)20(25-12-24-16)26-17-6-4-5-15(22)19(17)23/h3-9,12H,1,10-11H2,2H3,(H,24,25,26). The van der Waals surface area contributed by atoms with Crippen molar-refractivity contribution in [3.63, 3.8) is 0 Å². The van der Waals surface area contributed by atoms with Crippen molar-refractivity contribution in [3.05, 3.63) is 72.6 Å². The van der Waals surface area contributed by atoms with E-state index in [0.29, 0.717) is 29.8 Å². The summed E-state index contributed by atoms with van der Waals surface area (Å²) in [6, 6.07) is 9.70. The molecule has 28 heavy (non-hydrogen) atoms. The number of hydrogen-bond acceptors (Lipinski definition) is 4. The van der Waals surface area contributed by atoms with E-state index >= 15 is 0 Å². The maximum Gasteiger partial charge on any atom is 0.246 e. The van der Waals surface area contributed by atoms with Crippen LogP contribution in [0.5, 0.6) is 0 Å². The van der Waals surface area contributed by atoms with E-state index in [2.05, 4.69) is 28.8 Å². The van der Waals surface area contributed by atoms with Gasteiger partial charge in [-0.05, 0) is 35.9 Å². The molecule has 1 fully saturated rings. The third kappa shape index (κ3) is 2.98. The van der Waals surface area contributed by atoms with Gasteiger partial charge < -0.3 is 10.2 Å². The summed E-state index contributed by atoms with van der Waals surface area (Å²) in [5.41, 5.74) is 1.50. The van der Waals surface area contributed by atoms with E-state index in [9.17, 15) is 13.6 Å². The van der Waals surface area contributed by atoms with E-state index in [4.69, 9.17) is 0 Å². The van der Waals surface area contributed by atoms with Gasteiger partial charge in [0.1, 0.15) is 12.1 Å². The van der Waals surface area contributed by atoms with Crippen LogP contribution < -0.4 is 5.32 Å². The minimum Gasteiger partial charge on any atom is -0.337 e. The van der Waals surface area contributed by atoms with Crippen LogP contribution in [0.1, 0.15) is 12.5 Å². The van der Waals surface area contributed by atoms with E-state index in [-0.39, 0.29) is 17.0 Å². The summed E-state index contributed by atoms with van der Waals surface area (Å²) in [7, 11) is 0. The first kappa shape index (κ1) is 18.0. The molecule has 1 saturated heterocycles. The van der Waals surface area contributed by atoms with Gasteiger partial charge in [-0.1, -0.05) is 25.6 Å². The van der Waals surface area contributed by atoms with Gasteiger partial charge in [-0.15, -0.1) is 0 Å². The molecule has 1 amide bonds. The molecule has 1 aliphatic rings. The minimum absolute atomic E-state index is 0.00279. The van der Waals surface area contributed by atoms with Crippen molar-refractivity contribution in [1.29, 1.82) is 0 Å². The van der Waals surface area contributed by atoms with E-state index in [1.165, 1.54) is 24.5 Å². The van der Waals surface area contributed by atoms with E-state index in [1.54, 1.807) is 4.90 Å². The molecule has 0 aliphatic carbocycles. The molecule has 7 heteroatoms. The van der Waals surface area contributed by atoms with E-state index < -0.39 is 11.6 Å². The molecular weight excluding hydrogens is 362 g/mol. The van der Waals surface area contributed by atoms with Crippen LogP contribution in [0.2, 0.25) is 0 Å². The van der Waals surface area contributed by atoms with Crippen LogP contribution in [0, 0.1) is 11.6 Å². The number of halogens is 2. The molecular formula is C21H18F2N4O. The van der Waals surface area contributed by atoms with Crippen molar-refractivity contribution in [2.45, 2.75) is 12.3 Å². The Bertz CT molecular complexity index is 1090. The van der Waals surface area contributed by atoms with Crippen molar-refractivity contribution in [1.82, 2.24) is 14.9 Å². The number of aromatic nitrogens is 2. The number of nitrogens with zero attached hydrogens (tertiary/aromatic N) is 3. The number of benzene rings is 2. The van der Waals surface area contributed by atoms with Crippen molar-refractivity contribution in [2.75, 3.05) is 18.4 Å². The molecule has 1 aromatic heterocycles. The second-order valence-corrected chi connectivity index (χ2v) is 7.14. The van der Waals surface area contributed by atoms with Crippen molar-refractivity contribution >= 4 is 28.3 Å². The van der Waals surface area contributed by atoms with Crippen LogP contribution in [0.4, 0.5) is 20.3 Å². The SMILES string of the molecule is C=CC(=O)N1CC(C)(c2ccc3ncnc(Nc4cccc(F)c4F)c3c2)C1. The van der Waals surface area contributed by atoms with Gasteiger partial charge in [0.2, 0.25) is 5.91 Å². The number of amides is 1. The first-order valence-electron chi connectivity index (χ1n) is 8.79. The fourth-order valence-electron chi connectivity index (χ4n) is 3.52. The molecule has 1 N–H and O–H groups in total. The number of carbonyl (C=O) groups is 1. The third-order valence-electron chi connectivity index (χ3n) is 5.10. The highest BCUT2D eigenvalue weighted by atomic mass is 19.2. The molecule has 5 nitrogen and oxygen atoms in total. The zero-order valence-corrected chi connectivity index (χ0v) is 15.2. The summed E-state index contributed by atoms with van der Waals surface area (Å²) in [4.78, 5) is 21.9. The highest BCUT2D eigenvalue weighted by molar-refractivity contribution is 5.92. The Morgan fingerprint density at radius 3 is 2.79 bits per heavy atom. The van der Waals surface area contributed by atoms with Gasteiger partial charge in [0.25, 0.3) is 0 Å². The van der Waals surface area contributed by atoms with Crippen LogP contribution in [0.25, 0.3) is 10.9 Å². The number of hydrogen-bond donors (Lipinski definition) is 1. The quantitative estimate of drug-likeness (QED) is 0.697. The number of nitrogens with one attached hydrogen (secondary N) is 1. The predicted octanol–water partition coefficient (Wildman–Crippen LogP) is 3.94. The van der Waals surface area contributed by atoms with Gasteiger partial charge in [-0.25, -0.2) is 18.7 Å². The summed E-state index contributed by atoms with van der Waals surface area (Å²) in [5, 5.41) is 3.56. The van der Waals surface area contributed by atoms with Gasteiger partial charge in [-0.2, -0.15) is 0 Å². The third-order valence-corrected chi connectivity index (χ3v) is 5.10. The Kier molecular flexibility index (Phi) is 4.30. The van der Waals surface area contributed by atoms with Crippen LogP contribution in [0.15, 0.2) is 55.4 Å². The first-order valence-corrected chi connectivity index (χ1v) is 8.79. The maximum atomic E-state index is 14.0. The average molecular weight is 380 g/mol. The second kappa shape index (κ2) is 6.67. The molecule has 0 bridgehead atoms. The van der Waals surface area contributed by atoms with Crippen molar-refractivity contribution < 1.29 is 13.6 Å². The molecule has 0 radical (unpaired) electrons. The molecule has 0 saturated carbocycles. The van der Waals surface area contributed by atoms with Crippen LogP contribution >= 0.6 is 0 Å². The largest absolute Gasteiger partial charge is 0.337 e. The molecule has 3 aromatic rings. The van der Waals surface area contributed by atoms with E-state index in [0.717, 1.165) is 11.6 Å².